The van der Waals surface area contributed by atoms with Crippen LogP contribution in [0.4, 0.5) is 0 Å². The SMILES string of the molecule is COc1ccc(-n2ncnc2-c2ccc(O)cn2)cn1. The van der Waals surface area contributed by atoms with E-state index in [1.165, 1.54) is 12.5 Å². The molecule has 0 aliphatic heterocycles. The zero-order valence-electron chi connectivity index (χ0n) is 10.6. The van der Waals surface area contributed by atoms with Gasteiger partial charge in [0.05, 0.1) is 25.2 Å². The lowest BCUT2D eigenvalue weighted by atomic mass is 10.3. The van der Waals surface area contributed by atoms with E-state index in [1.54, 1.807) is 36.2 Å². The van der Waals surface area contributed by atoms with Gasteiger partial charge < -0.3 is 9.84 Å². The quantitative estimate of drug-likeness (QED) is 0.774. The van der Waals surface area contributed by atoms with Crippen molar-refractivity contribution >= 4 is 0 Å². The van der Waals surface area contributed by atoms with Gasteiger partial charge in [-0.3, -0.25) is 0 Å². The molecule has 0 saturated carbocycles. The van der Waals surface area contributed by atoms with E-state index in [0.717, 1.165) is 5.69 Å². The number of methoxy groups -OCH3 is 1. The van der Waals surface area contributed by atoms with Gasteiger partial charge in [0.2, 0.25) is 5.88 Å². The third-order valence-electron chi connectivity index (χ3n) is 2.70. The van der Waals surface area contributed by atoms with E-state index >= 15 is 0 Å². The molecule has 7 nitrogen and oxygen atoms in total. The van der Waals surface area contributed by atoms with Crippen molar-refractivity contribution in [2.24, 2.45) is 0 Å². The number of hydrogen-bond acceptors (Lipinski definition) is 6. The average molecular weight is 269 g/mol. The van der Waals surface area contributed by atoms with Gasteiger partial charge in [-0.1, -0.05) is 0 Å². The lowest BCUT2D eigenvalue weighted by Crippen LogP contribution is -2.01. The fourth-order valence-electron chi connectivity index (χ4n) is 1.74. The van der Waals surface area contributed by atoms with Gasteiger partial charge in [0.15, 0.2) is 5.82 Å². The molecule has 1 N–H and O–H groups in total. The normalized spacial score (nSPS) is 10.4. The molecule has 3 heterocycles. The van der Waals surface area contributed by atoms with Crippen molar-refractivity contribution in [2.75, 3.05) is 7.11 Å². The van der Waals surface area contributed by atoms with Crippen LogP contribution < -0.4 is 4.74 Å². The second kappa shape index (κ2) is 4.96. The third-order valence-corrected chi connectivity index (χ3v) is 2.70. The summed E-state index contributed by atoms with van der Waals surface area (Å²) in [6.45, 7) is 0. The van der Waals surface area contributed by atoms with Crippen LogP contribution in [0.3, 0.4) is 0 Å². The molecule has 3 aromatic heterocycles. The fourth-order valence-corrected chi connectivity index (χ4v) is 1.74. The van der Waals surface area contributed by atoms with Gasteiger partial charge in [-0.2, -0.15) is 5.10 Å². The summed E-state index contributed by atoms with van der Waals surface area (Å²) in [5.41, 5.74) is 1.35. The Morgan fingerprint density at radius 1 is 1.05 bits per heavy atom. The predicted molar refractivity (Wildman–Crippen MR) is 70.6 cm³/mol. The van der Waals surface area contributed by atoms with Crippen LogP contribution in [-0.4, -0.2) is 36.9 Å². The van der Waals surface area contributed by atoms with Crippen molar-refractivity contribution in [3.05, 3.63) is 43.0 Å². The molecular formula is C13H11N5O2. The molecular weight excluding hydrogens is 258 g/mol. The molecule has 0 unspecified atom stereocenters. The van der Waals surface area contributed by atoms with Gasteiger partial charge >= 0.3 is 0 Å². The minimum Gasteiger partial charge on any atom is -0.506 e. The highest BCUT2D eigenvalue weighted by Gasteiger charge is 2.10. The number of aromatic nitrogens is 5. The van der Waals surface area contributed by atoms with Crippen molar-refractivity contribution in [1.82, 2.24) is 24.7 Å². The van der Waals surface area contributed by atoms with Crippen LogP contribution in [0.2, 0.25) is 0 Å². The Labute approximate surface area is 114 Å². The zero-order chi connectivity index (χ0) is 13.9. The second-order valence-electron chi connectivity index (χ2n) is 3.96. The molecule has 0 amide bonds. The summed E-state index contributed by atoms with van der Waals surface area (Å²) in [6.07, 6.45) is 4.44. The van der Waals surface area contributed by atoms with Crippen LogP contribution in [0.5, 0.6) is 11.6 Å². The topological polar surface area (TPSA) is 86.0 Å². The standard InChI is InChI=1S/C13H11N5O2/c1-20-12-5-2-9(6-15-12)18-13(16-8-17-18)11-4-3-10(19)7-14-11/h2-8,19H,1H3. The van der Waals surface area contributed by atoms with Crippen LogP contribution in [-0.2, 0) is 0 Å². The summed E-state index contributed by atoms with van der Waals surface area (Å²) in [4.78, 5) is 12.4. The number of ether oxygens (including phenoxy) is 1. The molecule has 0 aromatic carbocycles. The summed E-state index contributed by atoms with van der Waals surface area (Å²) >= 11 is 0. The number of pyridine rings is 2. The third kappa shape index (κ3) is 2.16. The Bertz CT molecular complexity index is 706. The summed E-state index contributed by atoms with van der Waals surface area (Å²) < 4.78 is 6.63. The molecule has 0 aliphatic rings. The lowest BCUT2D eigenvalue weighted by Gasteiger charge is -2.06. The van der Waals surface area contributed by atoms with E-state index in [2.05, 4.69) is 20.1 Å². The molecule has 0 radical (unpaired) electrons. The van der Waals surface area contributed by atoms with Gasteiger partial charge in [-0.15, -0.1) is 0 Å². The van der Waals surface area contributed by atoms with E-state index in [-0.39, 0.29) is 5.75 Å². The van der Waals surface area contributed by atoms with Crippen LogP contribution >= 0.6 is 0 Å². The molecule has 0 aliphatic carbocycles. The van der Waals surface area contributed by atoms with Gasteiger partial charge in [-0.25, -0.2) is 19.6 Å². The Kier molecular flexibility index (Phi) is 3.00. The van der Waals surface area contributed by atoms with Gasteiger partial charge in [0.25, 0.3) is 0 Å². The molecule has 20 heavy (non-hydrogen) atoms. The fraction of sp³-hybridized carbons (Fsp3) is 0.0769. The minimum atomic E-state index is 0.103. The van der Waals surface area contributed by atoms with E-state index in [1.807, 2.05) is 6.07 Å². The first kappa shape index (κ1) is 12.1. The Morgan fingerprint density at radius 3 is 2.60 bits per heavy atom. The Hall–Kier alpha value is -2.96. The molecule has 0 bridgehead atoms. The molecule has 100 valence electrons. The van der Waals surface area contributed by atoms with Crippen LogP contribution in [0.25, 0.3) is 17.2 Å². The van der Waals surface area contributed by atoms with E-state index in [0.29, 0.717) is 17.4 Å². The number of nitrogens with zero attached hydrogens (tertiary/aromatic N) is 5. The van der Waals surface area contributed by atoms with Crippen LogP contribution in [0.15, 0.2) is 43.0 Å². The average Bonchev–Trinajstić information content (AvgIpc) is 2.97. The highest BCUT2D eigenvalue weighted by Crippen LogP contribution is 2.20. The highest BCUT2D eigenvalue weighted by molar-refractivity contribution is 5.53. The molecule has 0 spiro atoms. The van der Waals surface area contributed by atoms with Crippen molar-refractivity contribution < 1.29 is 9.84 Å². The maximum Gasteiger partial charge on any atom is 0.213 e. The van der Waals surface area contributed by atoms with Gasteiger partial charge in [0, 0.05) is 6.07 Å². The van der Waals surface area contributed by atoms with Gasteiger partial charge in [-0.05, 0) is 18.2 Å². The predicted octanol–water partition coefficient (Wildman–Crippen LogP) is 1.44. The van der Waals surface area contributed by atoms with Crippen molar-refractivity contribution in [3.63, 3.8) is 0 Å². The molecule has 0 saturated heterocycles. The zero-order valence-corrected chi connectivity index (χ0v) is 10.6. The molecule has 0 atom stereocenters. The smallest absolute Gasteiger partial charge is 0.213 e. The van der Waals surface area contributed by atoms with Gasteiger partial charge in [0.1, 0.15) is 17.8 Å². The summed E-state index contributed by atoms with van der Waals surface area (Å²) in [5, 5.41) is 13.4. The Balaban J connectivity index is 2.02. The maximum absolute atomic E-state index is 9.27. The van der Waals surface area contributed by atoms with E-state index in [4.69, 9.17) is 4.74 Å². The van der Waals surface area contributed by atoms with E-state index < -0.39 is 0 Å². The van der Waals surface area contributed by atoms with Crippen molar-refractivity contribution in [2.45, 2.75) is 0 Å². The van der Waals surface area contributed by atoms with Crippen molar-refractivity contribution in [1.29, 1.82) is 0 Å². The van der Waals surface area contributed by atoms with Crippen molar-refractivity contribution in [3.8, 4) is 28.8 Å². The largest absolute Gasteiger partial charge is 0.506 e. The lowest BCUT2D eigenvalue weighted by molar-refractivity contribution is 0.397. The first-order chi connectivity index (χ1) is 9.78. The first-order valence-electron chi connectivity index (χ1n) is 5.84. The highest BCUT2D eigenvalue weighted by atomic mass is 16.5. The first-order valence-corrected chi connectivity index (χ1v) is 5.84. The maximum atomic E-state index is 9.27. The number of hydrogen-bond donors (Lipinski definition) is 1. The molecule has 7 heteroatoms. The molecule has 0 fully saturated rings. The van der Waals surface area contributed by atoms with Crippen LogP contribution in [0.1, 0.15) is 0 Å². The molecule has 3 aromatic rings. The minimum absolute atomic E-state index is 0.103. The summed E-state index contributed by atoms with van der Waals surface area (Å²) in [6, 6.07) is 6.79. The summed E-state index contributed by atoms with van der Waals surface area (Å²) in [7, 11) is 1.56. The van der Waals surface area contributed by atoms with E-state index in [9.17, 15) is 5.11 Å². The number of rotatable bonds is 3. The number of aromatic hydroxyl groups is 1. The monoisotopic (exact) mass is 269 g/mol. The second-order valence-corrected chi connectivity index (χ2v) is 3.96. The molecule has 3 rings (SSSR count). The van der Waals surface area contributed by atoms with Crippen LogP contribution in [0, 0.1) is 0 Å². The summed E-state index contributed by atoms with van der Waals surface area (Å²) in [5.74, 6) is 1.20. The Morgan fingerprint density at radius 2 is 1.95 bits per heavy atom.